The van der Waals surface area contributed by atoms with E-state index in [1.165, 1.54) is 12.1 Å². The van der Waals surface area contributed by atoms with Gasteiger partial charge in [0.05, 0.1) is 0 Å². The lowest BCUT2D eigenvalue weighted by atomic mass is 10.1. The van der Waals surface area contributed by atoms with Crippen molar-refractivity contribution in [2.75, 3.05) is 29.6 Å². The van der Waals surface area contributed by atoms with Crippen LogP contribution >= 0.6 is 0 Å². The zero-order valence-corrected chi connectivity index (χ0v) is 11.9. The van der Waals surface area contributed by atoms with Crippen LogP contribution in [0.3, 0.4) is 0 Å². The first kappa shape index (κ1) is 13.4. The molecule has 0 aromatic heterocycles. The fourth-order valence-electron chi connectivity index (χ4n) is 2.40. The third-order valence-electron chi connectivity index (χ3n) is 3.54. The molecule has 2 aromatic rings. The maximum atomic E-state index is 13.2. The van der Waals surface area contributed by atoms with Gasteiger partial charge in [0, 0.05) is 36.7 Å². The Morgan fingerprint density at radius 3 is 2.52 bits per heavy atom. The van der Waals surface area contributed by atoms with Crippen LogP contribution in [0.2, 0.25) is 0 Å². The number of anilines is 3. The molecule has 0 bridgehead atoms. The summed E-state index contributed by atoms with van der Waals surface area (Å²) in [4.78, 5) is 14.0. The minimum absolute atomic E-state index is 0.174. The van der Waals surface area contributed by atoms with Gasteiger partial charge in [0.2, 0.25) is 0 Å². The lowest BCUT2D eigenvalue weighted by Gasteiger charge is -2.16. The molecule has 1 aliphatic heterocycles. The van der Waals surface area contributed by atoms with Crippen LogP contribution in [0.25, 0.3) is 0 Å². The molecule has 1 heterocycles. The van der Waals surface area contributed by atoms with Crippen LogP contribution in [0.5, 0.6) is 0 Å². The van der Waals surface area contributed by atoms with Gasteiger partial charge in [-0.3, -0.25) is 4.79 Å². The SMILES string of the molecule is CN(C)c1ccc(NC2C(=O)Nc3cc(F)ccc32)cc1. The molecule has 2 aromatic carbocycles. The molecule has 1 amide bonds. The molecule has 3 rings (SSSR count). The van der Waals surface area contributed by atoms with Crippen LogP contribution in [0.1, 0.15) is 11.6 Å². The number of hydrogen-bond acceptors (Lipinski definition) is 3. The fraction of sp³-hybridized carbons (Fsp3) is 0.188. The fourth-order valence-corrected chi connectivity index (χ4v) is 2.40. The summed E-state index contributed by atoms with van der Waals surface area (Å²) >= 11 is 0. The number of nitrogens with zero attached hydrogens (tertiary/aromatic N) is 1. The molecule has 21 heavy (non-hydrogen) atoms. The van der Waals surface area contributed by atoms with Crippen molar-refractivity contribution in [3.8, 4) is 0 Å². The largest absolute Gasteiger partial charge is 0.378 e. The second-order valence-corrected chi connectivity index (χ2v) is 5.24. The molecule has 0 saturated heterocycles. The molecule has 4 nitrogen and oxygen atoms in total. The van der Waals surface area contributed by atoms with E-state index in [1.807, 2.05) is 43.3 Å². The highest BCUT2D eigenvalue weighted by molar-refractivity contribution is 6.04. The second kappa shape index (κ2) is 5.09. The molecule has 1 atom stereocenters. The average molecular weight is 285 g/mol. The van der Waals surface area contributed by atoms with Crippen LogP contribution in [0.4, 0.5) is 21.5 Å². The third-order valence-corrected chi connectivity index (χ3v) is 3.54. The first-order chi connectivity index (χ1) is 10.0. The van der Waals surface area contributed by atoms with Crippen LogP contribution in [0, 0.1) is 5.82 Å². The van der Waals surface area contributed by atoms with Gasteiger partial charge in [0.15, 0.2) is 0 Å². The summed E-state index contributed by atoms with van der Waals surface area (Å²) in [6.45, 7) is 0. The van der Waals surface area contributed by atoms with Crippen LogP contribution in [0.15, 0.2) is 42.5 Å². The molecule has 0 aliphatic carbocycles. The Kier molecular flexibility index (Phi) is 3.25. The number of benzene rings is 2. The number of rotatable bonds is 3. The highest BCUT2D eigenvalue weighted by atomic mass is 19.1. The Morgan fingerprint density at radius 2 is 1.86 bits per heavy atom. The quantitative estimate of drug-likeness (QED) is 0.911. The minimum atomic E-state index is -0.495. The Morgan fingerprint density at radius 1 is 1.14 bits per heavy atom. The Labute approximate surface area is 122 Å². The Hall–Kier alpha value is -2.56. The molecular formula is C16H16FN3O. The van der Waals surface area contributed by atoms with Crippen molar-refractivity contribution in [2.24, 2.45) is 0 Å². The molecule has 2 N–H and O–H groups in total. The van der Waals surface area contributed by atoms with E-state index >= 15 is 0 Å². The van der Waals surface area contributed by atoms with E-state index in [-0.39, 0.29) is 11.7 Å². The molecular weight excluding hydrogens is 269 g/mol. The second-order valence-electron chi connectivity index (χ2n) is 5.24. The first-order valence-corrected chi connectivity index (χ1v) is 6.69. The lowest BCUT2D eigenvalue weighted by molar-refractivity contribution is -0.116. The van der Waals surface area contributed by atoms with Crippen molar-refractivity contribution in [1.82, 2.24) is 0 Å². The average Bonchev–Trinajstić information content (AvgIpc) is 2.75. The molecule has 1 unspecified atom stereocenters. The van der Waals surface area contributed by atoms with E-state index in [2.05, 4.69) is 10.6 Å². The highest BCUT2D eigenvalue weighted by Crippen LogP contribution is 2.33. The predicted molar refractivity (Wildman–Crippen MR) is 82.2 cm³/mol. The van der Waals surface area contributed by atoms with Crippen LogP contribution < -0.4 is 15.5 Å². The number of fused-ring (bicyclic) bond motifs is 1. The van der Waals surface area contributed by atoms with Crippen LogP contribution in [-0.2, 0) is 4.79 Å². The maximum Gasteiger partial charge on any atom is 0.251 e. The summed E-state index contributed by atoms with van der Waals surface area (Å²) in [6.07, 6.45) is 0. The van der Waals surface area contributed by atoms with Gasteiger partial charge in [-0.25, -0.2) is 4.39 Å². The van der Waals surface area contributed by atoms with E-state index in [9.17, 15) is 9.18 Å². The summed E-state index contributed by atoms with van der Waals surface area (Å²) in [7, 11) is 3.94. The smallest absolute Gasteiger partial charge is 0.251 e. The molecule has 0 saturated carbocycles. The van der Waals surface area contributed by atoms with E-state index in [4.69, 9.17) is 0 Å². The van der Waals surface area contributed by atoms with Gasteiger partial charge in [-0.1, -0.05) is 6.07 Å². The van der Waals surface area contributed by atoms with E-state index in [0.717, 1.165) is 16.9 Å². The first-order valence-electron chi connectivity index (χ1n) is 6.69. The van der Waals surface area contributed by atoms with Gasteiger partial charge in [0.25, 0.3) is 5.91 Å². The van der Waals surface area contributed by atoms with Crippen molar-refractivity contribution < 1.29 is 9.18 Å². The Bertz CT molecular complexity index is 682. The van der Waals surface area contributed by atoms with Crippen LogP contribution in [-0.4, -0.2) is 20.0 Å². The van der Waals surface area contributed by atoms with Gasteiger partial charge >= 0.3 is 0 Å². The number of carbonyl (C=O) groups is 1. The standard InChI is InChI=1S/C16H16FN3O/c1-20(2)12-6-4-11(5-7-12)18-15-13-8-3-10(17)9-14(13)19-16(15)21/h3-9,15,18H,1-2H3,(H,19,21). The predicted octanol–water partition coefficient (Wildman–Crippen LogP) is 3.00. The Balaban J connectivity index is 1.84. The number of halogens is 1. The van der Waals surface area contributed by atoms with Gasteiger partial charge in [-0.05, 0) is 36.4 Å². The summed E-state index contributed by atoms with van der Waals surface area (Å²) in [5.74, 6) is -0.530. The van der Waals surface area contributed by atoms with Crippen molar-refractivity contribution >= 4 is 23.0 Å². The molecule has 1 aliphatic rings. The van der Waals surface area contributed by atoms with Crippen molar-refractivity contribution in [2.45, 2.75) is 6.04 Å². The molecule has 0 spiro atoms. The lowest BCUT2D eigenvalue weighted by Crippen LogP contribution is -2.19. The van der Waals surface area contributed by atoms with E-state index in [1.54, 1.807) is 6.07 Å². The number of hydrogen-bond donors (Lipinski definition) is 2. The monoisotopic (exact) mass is 285 g/mol. The van der Waals surface area contributed by atoms with Gasteiger partial charge in [-0.2, -0.15) is 0 Å². The van der Waals surface area contributed by atoms with E-state index < -0.39 is 6.04 Å². The number of nitrogens with one attached hydrogen (secondary N) is 2. The molecule has 0 fully saturated rings. The van der Waals surface area contributed by atoms with Gasteiger partial charge in [-0.15, -0.1) is 0 Å². The molecule has 0 radical (unpaired) electrons. The highest BCUT2D eigenvalue weighted by Gasteiger charge is 2.30. The molecule has 5 heteroatoms. The minimum Gasteiger partial charge on any atom is -0.378 e. The van der Waals surface area contributed by atoms with Gasteiger partial charge in [0.1, 0.15) is 11.9 Å². The van der Waals surface area contributed by atoms with Gasteiger partial charge < -0.3 is 15.5 Å². The third kappa shape index (κ3) is 2.54. The summed E-state index contributed by atoms with van der Waals surface area (Å²) in [5, 5.41) is 5.87. The zero-order chi connectivity index (χ0) is 15.0. The normalized spacial score (nSPS) is 16.3. The number of carbonyl (C=O) groups excluding carboxylic acids is 1. The van der Waals surface area contributed by atoms with Crippen molar-refractivity contribution in [3.63, 3.8) is 0 Å². The summed E-state index contributed by atoms with van der Waals surface area (Å²) < 4.78 is 13.2. The van der Waals surface area contributed by atoms with Crippen molar-refractivity contribution in [1.29, 1.82) is 0 Å². The topological polar surface area (TPSA) is 44.4 Å². The molecule has 108 valence electrons. The van der Waals surface area contributed by atoms with Crippen molar-refractivity contribution in [3.05, 3.63) is 53.8 Å². The number of amides is 1. The zero-order valence-electron chi connectivity index (χ0n) is 11.9. The maximum absolute atomic E-state index is 13.2. The van der Waals surface area contributed by atoms with E-state index in [0.29, 0.717) is 5.69 Å². The summed E-state index contributed by atoms with van der Waals surface area (Å²) in [5.41, 5.74) is 3.22. The summed E-state index contributed by atoms with van der Waals surface area (Å²) in [6, 6.07) is 11.6.